The molecule has 0 aliphatic rings. The summed E-state index contributed by atoms with van der Waals surface area (Å²) in [5, 5.41) is 23.3. The van der Waals surface area contributed by atoms with E-state index in [4.69, 9.17) is 4.74 Å². The quantitative estimate of drug-likeness (QED) is 0.0320. The third kappa shape index (κ3) is 73.3. The van der Waals surface area contributed by atoms with E-state index in [9.17, 15) is 19.8 Å². The number of ether oxygens (including phenoxy) is 1. The first-order valence-electron chi connectivity index (χ1n) is 40.1. The molecule has 0 rings (SSSR count). The third-order valence-corrected chi connectivity index (χ3v) is 19.0. The Balaban J connectivity index is 3.34. The molecule has 0 aromatic heterocycles. The van der Waals surface area contributed by atoms with Crippen LogP contribution in [0.4, 0.5) is 0 Å². The van der Waals surface area contributed by atoms with Gasteiger partial charge in [0, 0.05) is 12.8 Å². The highest BCUT2D eigenvalue weighted by Gasteiger charge is 2.18. The van der Waals surface area contributed by atoms with Crippen LogP contribution in [0.2, 0.25) is 0 Å². The van der Waals surface area contributed by atoms with Crippen molar-refractivity contribution in [2.75, 3.05) is 13.2 Å². The van der Waals surface area contributed by atoms with Gasteiger partial charge >= 0.3 is 5.97 Å². The molecular weight excluding hydrogens is 1070 g/mol. The van der Waals surface area contributed by atoms with Gasteiger partial charge in [0.05, 0.1) is 25.4 Å². The number of rotatable bonds is 76. The van der Waals surface area contributed by atoms with Gasteiger partial charge in [-0.05, 0) is 57.8 Å². The Morgan fingerprint density at radius 1 is 0.310 bits per heavy atom. The van der Waals surface area contributed by atoms with Crippen LogP contribution >= 0.6 is 0 Å². The monoisotopic (exact) mass is 1220 g/mol. The van der Waals surface area contributed by atoms with Crippen molar-refractivity contribution >= 4 is 11.9 Å². The van der Waals surface area contributed by atoms with Gasteiger partial charge in [0.2, 0.25) is 5.91 Å². The summed E-state index contributed by atoms with van der Waals surface area (Å²) in [5.41, 5.74) is 0. The normalized spacial score (nSPS) is 12.6. The molecule has 1 amide bonds. The molecule has 516 valence electrons. The van der Waals surface area contributed by atoms with Crippen LogP contribution < -0.4 is 5.32 Å². The SMILES string of the molecule is CCCCCCCC/C=C\CCCCCCCCCC(=O)OCCCCCCCCCCCCCCCCCCCCCCCCCCCCCCCCCCC(=O)NC(CO)C(O)/C=C/CCCCCCCCCCCCCCCCCCCCC. The number of aliphatic hydroxyl groups excluding tert-OH is 2. The highest BCUT2D eigenvalue weighted by atomic mass is 16.5. The second kappa shape index (κ2) is 76.8. The zero-order valence-electron chi connectivity index (χ0n) is 59.3. The highest BCUT2D eigenvalue weighted by Crippen LogP contribution is 2.20. The van der Waals surface area contributed by atoms with Gasteiger partial charge in [-0.15, -0.1) is 0 Å². The van der Waals surface area contributed by atoms with Gasteiger partial charge in [-0.25, -0.2) is 0 Å². The van der Waals surface area contributed by atoms with Crippen LogP contribution in [0.15, 0.2) is 24.3 Å². The van der Waals surface area contributed by atoms with E-state index in [0.717, 1.165) is 44.9 Å². The molecule has 0 spiro atoms. The van der Waals surface area contributed by atoms with Crippen LogP contribution in [0.3, 0.4) is 0 Å². The maximum Gasteiger partial charge on any atom is 0.305 e. The molecule has 6 nitrogen and oxygen atoms in total. The summed E-state index contributed by atoms with van der Waals surface area (Å²) in [5.74, 6) is -0.0399. The van der Waals surface area contributed by atoms with E-state index >= 15 is 0 Å². The van der Waals surface area contributed by atoms with Gasteiger partial charge < -0.3 is 20.3 Å². The molecule has 0 radical (unpaired) electrons. The Morgan fingerprint density at radius 3 is 0.816 bits per heavy atom. The first kappa shape index (κ1) is 85.3. The van der Waals surface area contributed by atoms with Gasteiger partial charge in [0.25, 0.3) is 0 Å². The molecule has 0 heterocycles. The van der Waals surface area contributed by atoms with E-state index in [0.29, 0.717) is 19.4 Å². The van der Waals surface area contributed by atoms with Crippen molar-refractivity contribution in [2.24, 2.45) is 0 Å². The molecule has 2 atom stereocenters. The molecule has 3 N–H and O–H groups in total. The van der Waals surface area contributed by atoms with E-state index in [1.807, 2.05) is 6.08 Å². The van der Waals surface area contributed by atoms with Crippen molar-refractivity contribution in [3.63, 3.8) is 0 Å². The summed E-state index contributed by atoms with van der Waals surface area (Å²) < 4.78 is 5.51. The molecule has 0 saturated heterocycles. The Morgan fingerprint density at radius 2 is 0.540 bits per heavy atom. The lowest BCUT2D eigenvalue weighted by Gasteiger charge is -2.20. The minimum absolute atomic E-state index is 0.0187. The van der Waals surface area contributed by atoms with Crippen molar-refractivity contribution < 1.29 is 24.5 Å². The van der Waals surface area contributed by atoms with Crippen LogP contribution in [-0.2, 0) is 14.3 Å². The number of carbonyl (C=O) groups is 2. The van der Waals surface area contributed by atoms with Crippen molar-refractivity contribution in [3.05, 3.63) is 24.3 Å². The molecule has 2 unspecified atom stereocenters. The molecule has 0 saturated carbocycles. The Bertz CT molecular complexity index is 1360. The minimum Gasteiger partial charge on any atom is -0.466 e. The van der Waals surface area contributed by atoms with Gasteiger partial charge in [0.15, 0.2) is 0 Å². The lowest BCUT2D eigenvalue weighted by Crippen LogP contribution is -2.45. The minimum atomic E-state index is -0.842. The summed E-state index contributed by atoms with van der Waals surface area (Å²) in [4.78, 5) is 24.7. The molecule has 0 bridgehead atoms. The maximum atomic E-state index is 12.5. The zero-order chi connectivity index (χ0) is 62.8. The second-order valence-corrected chi connectivity index (χ2v) is 27.8. The number of esters is 1. The van der Waals surface area contributed by atoms with Gasteiger partial charge in [-0.2, -0.15) is 0 Å². The van der Waals surface area contributed by atoms with Crippen LogP contribution in [0.5, 0.6) is 0 Å². The Hall–Kier alpha value is -1.66. The van der Waals surface area contributed by atoms with Crippen molar-refractivity contribution in [3.8, 4) is 0 Å². The molecule has 87 heavy (non-hydrogen) atoms. The number of nitrogens with one attached hydrogen (secondary N) is 1. The lowest BCUT2D eigenvalue weighted by molar-refractivity contribution is -0.143. The number of aliphatic hydroxyl groups is 2. The van der Waals surface area contributed by atoms with E-state index in [-0.39, 0.29) is 18.5 Å². The summed E-state index contributed by atoms with van der Waals surface area (Å²) >= 11 is 0. The average Bonchev–Trinajstić information content (AvgIpc) is 3.52. The molecule has 0 aromatic carbocycles. The maximum absolute atomic E-state index is 12.5. The fraction of sp³-hybridized carbons (Fsp3) is 0.926. The summed E-state index contributed by atoms with van der Waals surface area (Å²) in [6, 6.07) is -0.625. The molecular formula is C81H157NO5. The number of carbonyl (C=O) groups excluding carboxylic acids is 2. The first-order valence-corrected chi connectivity index (χ1v) is 40.1. The molecule has 6 heteroatoms. The molecule has 0 fully saturated rings. The van der Waals surface area contributed by atoms with E-state index in [2.05, 4.69) is 31.3 Å². The first-order chi connectivity index (χ1) is 43.0. The Labute approximate surface area is 545 Å². The fourth-order valence-corrected chi connectivity index (χ4v) is 12.9. The lowest BCUT2D eigenvalue weighted by atomic mass is 10.0. The summed E-state index contributed by atoms with van der Waals surface area (Å²) in [7, 11) is 0. The van der Waals surface area contributed by atoms with Crippen molar-refractivity contribution in [1.82, 2.24) is 5.32 Å². The molecule has 0 aromatic rings. The number of hydrogen-bond acceptors (Lipinski definition) is 5. The molecule has 0 aliphatic heterocycles. The average molecular weight is 1230 g/mol. The largest absolute Gasteiger partial charge is 0.466 e. The predicted molar refractivity (Wildman–Crippen MR) is 384 cm³/mol. The highest BCUT2D eigenvalue weighted by molar-refractivity contribution is 5.76. The standard InChI is InChI=1S/C81H157NO5/c1-3-5-7-9-11-13-15-17-19-21-22-35-38-42-45-49-53-57-61-65-69-73-79(84)78(77-83)82-80(85)74-70-66-62-58-54-50-46-43-39-36-33-31-29-27-25-23-24-26-28-30-32-34-37-40-44-48-52-56-60-64-68-72-76-87-81(86)75-71-67-63-59-55-51-47-41-20-18-16-14-12-10-8-6-4-2/h18,20,69,73,78-79,83-84H,3-17,19,21-68,70-72,74-77H2,1-2H3,(H,82,85)/b20-18-,73-69+. The topological polar surface area (TPSA) is 95.9 Å². The second-order valence-electron chi connectivity index (χ2n) is 27.8. The van der Waals surface area contributed by atoms with Crippen molar-refractivity contribution in [2.45, 2.75) is 469 Å². The van der Waals surface area contributed by atoms with E-state index in [1.165, 1.54) is 385 Å². The zero-order valence-corrected chi connectivity index (χ0v) is 59.3. The van der Waals surface area contributed by atoms with Gasteiger partial charge in [0.1, 0.15) is 0 Å². The Kier molecular flexibility index (Phi) is 75.3. The van der Waals surface area contributed by atoms with Crippen molar-refractivity contribution in [1.29, 1.82) is 0 Å². The van der Waals surface area contributed by atoms with E-state index in [1.54, 1.807) is 6.08 Å². The van der Waals surface area contributed by atoms with Crippen LogP contribution in [-0.4, -0.2) is 47.4 Å². The smallest absolute Gasteiger partial charge is 0.305 e. The number of amides is 1. The number of hydrogen-bond donors (Lipinski definition) is 3. The fourth-order valence-electron chi connectivity index (χ4n) is 12.9. The third-order valence-electron chi connectivity index (χ3n) is 19.0. The van der Waals surface area contributed by atoms with Gasteiger partial charge in [-0.1, -0.05) is 411 Å². The van der Waals surface area contributed by atoms with Crippen LogP contribution in [0, 0.1) is 0 Å². The summed E-state index contributed by atoms with van der Waals surface area (Å²) in [6.45, 7) is 4.95. The number of allylic oxidation sites excluding steroid dienone is 3. The predicted octanol–water partition coefficient (Wildman–Crippen LogP) is 26.4. The van der Waals surface area contributed by atoms with E-state index < -0.39 is 12.1 Å². The van der Waals surface area contributed by atoms with Gasteiger partial charge in [-0.3, -0.25) is 9.59 Å². The van der Waals surface area contributed by atoms with Crippen LogP contribution in [0.1, 0.15) is 457 Å². The summed E-state index contributed by atoms with van der Waals surface area (Å²) in [6.07, 6.45) is 98.8. The van der Waals surface area contributed by atoms with Crippen LogP contribution in [0.25, 0.3) is 0 Å². The number of unbranched alkanes of at least 4 members (excludes halogenated alkanes) is 63. The molecule has 0 aliphatic carbocycles.